The Hall–Kier alpha value is -2.99. The summed E-state index contributed by atoms with van der Waals surface area (Å²) < 4.78 is 5.87. The van der Waals surface area contributed by atoms with Crippen LogP contribution >= 0.6 is 0 Å². The molecule has 0 radical (unpaired) electrons. The molecule has 3 heteroatoms. The van der Waals surface area contributed by atoms with E-state index in [0.717, 1.165) is 30.0 Å². The second-order valence-electron chi connectivity index (χ2n) is 6.87. The minimum Gasteiger partial charge on any atom is -0.482 e. The lowest BCUT2D eigenvalue weighted by Crippen LogP contribution is -2.29. The van der Waals surface area contributed by atoms with Crippen LogP contribution in [0, 0.1) is 18.3 Å². The molecule has 3 nitrogen and oxygen atoms in total. The molecule has 134 valence electrons. The Morgan fingerprint density at radius 2 is 1.69 bits per heavy atom. The van der Waals surface area contributed by atoms with Crippen LogP contribution in [0.15, 0.2) is 67.3 Å². The normalized spacial score (nSPS) is 10.7. The molecule has 1 N–H and O–H groups in total. The molecule has 0 amide bonds. The van der Waals surface area contributed by atoms with Crippen molar-refractivity contribution in [1.29, 1.82) is 5.26 Å². The van der Waals surface area contributed by atoms with Crippen molar-refractivity contribution < 1.29 is 4.74 Å². The lowest BCUT2D eigenvalue weighted by molar-refractivity contribution is 0.154. The lowest BCUT2D eigenvalue weighted by atomic mass is 10.0. The van der Waals surface area contributed by atoms with Gasteiger partial charge in [0.05, 0.1) is 11.6 Å². The summed E-state index contributed by atoms with van der Waals surface area (Å²) in [6.07, 6.45) is 0.888. The number of hydrogen-bond donors (Lipinski definition) is 1. The van der Waals surface area contributed by atoms with E-state index in [1.54, 1.807) is 0 Å². The Kier molecular flexibility index (Phi) is 6.25. The molecule has 0 spiro atoms. The maximum atomic E-state index is 8.99. The van der Waals surface area contributed by atoms with Gasteiger partial charge in [0.15, 0.2) is 0 Å². The summed E-state index contributed by atoms with van der Waals surface area (Å²) in [5, 5.41) is 12.4. The van der Waals surface area contributed by atoms with E-state index >= 15 is 0 Å². The van der Waals surface area contributed by atoms with Gasteiger partial charge in [-0.05, 0) is 50.5 Å². The number of benzene rings is 2. The molecule has 2 rings (SSSR count). The van der Waals surface area contributed by atoms with E-state index in [0.29, 0.717) is 5.57 Å². The average molecular weight is 346 g/mol. The second kappa shape index (κ2) is 8.40. The molecule has 0 aliphatic carbocycles. The van der Waals surface area contributed by atoms with Crippen molar-refractivity contribution in [1.82, 2.24) is 5.32 Å². The molecule has 0 unspecified atom stereocenters. The van der Waals surface area contributed by atoms with Gasteiger partial charge in [0, 0.05) is 12.2 Å². The van der Waals surface area contributed by atoms with Crippen LogP contribution in [0.3, 0.4) is 0 Å². The van der Waals surface area contributed by atoms with Crippen molar-refractivity contribution in [3.63, 3.8) is 0 Å². The number of aryl methyl sites for hydroxylation is 1. The van der Waals surface area contributed by atoms with Gasteiger partial charge in [-0.2, -0.15) is 5.26 Å². The van der Waals surface area contributed by atoms with Gasteiger partial charge in [-0.25, -0.2) is 0 Å². The van der Waals surface area contributed by atoms with E-state index in [1.165, 1.54) is 11.1 Å². The minimum atomic E-state index is -0.705. The fourth-order valence-electron chi connectivity index (χ4n) is 2.43. The van der Waals surface area contributed by atoms with Gasteiger partial charge in [0.2, 0.25) is 0 Å². The highest BCUT2D eigenvalue weighted by Crippen LogP contribution is 2.23. The molecule has 0 heterocycles. The molecule has 0 bridgehead atoms. The summed E-state index contributed by atoms with van der Waals surface area (Å²) in [5.41, 5.74) is 4.19. The standard InChI is InChI=1S/C23H26N2O/c1-17-6-10-21(11-7-17)19(3)25-15-14-20-8-12-22(13-9-20)26-23(4,5)18(2)16-24/h6-13,25H,2-3,14-15H2,1,4-5H3. The van der Waals surface area contributed by atoms with Crippen LogP contribution in [0.25, 0.3) is 5.70 Å². The third-order valence-corrected chi connectivity index (χ3v) is 4.31. The molecule has 0 fully saturated rings. The first kappa shape index (κ1) is 19.3. The van der Waals surface area contributed by atoms with E-state index in [2.05, 4.69) is 55.7 Å². The van der Waals surface area contributed by atoms with Gasteiger partial charge < -0.3 is 10.1 Å². The van der Waals surface area contributed by atoms with Crippen LogP contribution in [0.2, 0.25) is 0 Å². The molecular weight excluding hydrogens is 320 g/mol. The zero-order valence-electron chi connectivity index (χ0n) is 15.8. The van der Waals surface area contributed by atoms with Crippen LogP contribution in [0.4, 0.5) is 0 Å². The van der Waals surface area contributed by atoms with Gasteiger partial charge in [0.25, 0.3) is 0 Å². The lowest BCUT2D eigenvalue weighted by Gasteiger charge is -2.25. The summed E-state index contributed by atoms with van der Waals surface area (Å²) >= 11 is 0. The third-order valence-electron chi connectivity index (χ3n) is 4.31. The molecule has 0 aliphatic heterocycles. The number of rotatable bonds is 8. The van der Waals surface area contributed by atoms with Crippen LogP contribution in [-0.2, 0) is 6.42 Å². The molecule has 0 saturated carbocycles. The maximum absolute atomic E-state index is 8.99. The van der Waals surface area contributed by atoms with Crippen molar-refractivity contribution in [2.24, 2.45) is 0 Å². The van der Waals surface area contributed by atoms with E-state index < -0.39 is 5.60 Å². The third kappa shape index (κ3) is 5.26. The zero-order chi connectivity index (χ0) is 19.2. The summed E-state index contributed by atoms with van der Waals surface area (Å²) in [4.78, 5) is 0. The Labute approximate surface area is 156 Å². The number of ether oxygens (including phenoxy) is 1. The first-order valence-electron chi connectivity index (χ1n) is 8.69. The Morgan fingerprint density at radius 1 is 1.08 bits per heavy atom. The van der Waals surface area contributed by atoms with E-state index in [1.807, 2.05) is 38.1 Å². The van der Waals surface area contributed by atoms with Crippen molar-refractivity contribution in [3.8, 4) is 11.8 Å². The Morgan fingerprint density at radius 3 is 2.27 bits per heavy atom. The number of nitriles is 1. The van der Waals surface area contributed by atoms with Gasteiger partial charge >= 0.3 is 0 Å². The molecule has 2 aromatic rings. The Balaban J connectivity index is 1.86. The second-order valence-corrected chi connectivity index (χ2v) is 6.87. The molecule has 0 aromatic heterocycles. The van der Waals surface area contributed by atoms with Gasteiger partial charge in [-0.15, -0.1) is 0 Å². The maximum Gasteiger partial charge on any atom is 0.138 e. The summed E-state index contributed by atoms with van der Waals surface area (Å²) in [6, 6.07) is 18.3. The summed E-state index contributed by atoms with van der Waals surface area (Å²) in [5.74, 6) is 0.729. The molecule has 0 saturated heterocycles. The van der Waals surface area contributed by atoms with Crippen LogP contribution in [0.5, 0.6) is 5.75 Å². The fourth-order valence-corrected chi connectivity index (χ4v) is 2.43. The van der Waals surface area contributed by atoms with E-state index in [9.17, 15) is 0 Å². The largest absolute Gasteiger partial charge is 0.482 e. The Bertz CT molecular complexity index is 809. The monoisotopic (exact) mass is 346 g/mol. The van der Waals surface area contributed by atoms with Gasteiger partial charge in [-0.3, -0.25) is 0 Å². The first-order chi connectivity index (χ1) is 12.3. The highest BCUT2D eigenvalue weighted by Gasteiger charge is 2.23. The predicted octanol–water partition coefficient (Wildman–Crippen LogP) is 5.04. The molecular formula is C23H26N2O. The van der Waals surface area contributed by atoms with Crippen LogP contribution < -0.4 is 10.1 Å². The zero-order valence-corrected chi connectivity index (χ0v) is 15.8. The molecule has 0 atom stereocenters. The van der Waals surface area contributed by atoms with Gasteiger partial charge in [-0.1, -0.05) is 55.1 Å². The first-order valence-corrected chi connectivity index (χ1v) is 8.69. The predicted molar refractivity (Wildman–Crippen MR) is 108 cm³/mol. The number of nitrogens with one attached hydrogen (secondary N) is 1. The molecule has 26 heavy (non-hydrogen) atoms. The summed E-state index contributed by atoms with van der Waals surface area (Å²) in [6.45, 7) is 14.4. The smallest absolute Gasteiger partial charge is 0.138 e. The molecule has 2 aromatic carbocycles. The number of nitrogens with zero attached hydrogens (tertiary/aromatic N) is 1. The van der Waals surface area contributed by atoms with Gasteiger partial charge in [0.1, 0.15) is 11.4 Å². The van der Waals surface area contributed by atoms with E-state index in [4.69, 9.17) is 10.00 Å². The van der Waals surface area contributed by atoms with Crippen molar-refractivity contribution in [2.45, 2.75) is 32.8 Å². The van der Waals surface area contributed by atoms with Crippen LogP contribution in [0.1, 0.15) is 30.5 Å². The highest BCUT2D eigenvalue weighted by atomic mass is 16.5. The summed E-state index contributed by atoms with van der Waals surface area (Å²) in [7, 11) is 0. The molecule has 0 aliphatic rings. The van der Waals surface area contributed by atoms with E-state index in [-0.39, 0.29) is 0 Å². The van der Waals surface area contributed by atoms with Crippen molar-refractivity contribution in [3.05, 3.63) is 84.0 Å². The van der Waals surface area contributed by atoms with Crippen molar-refractivity contribution >= 4 is 5.70 Å². The van der Waals surface area contributed by atoms with Crippen molar-refractivity contribution in [2.75, 3.05) is 6.54 Å². The topological polar surface area (TPSA) is 45.0 Å². The average Bonchev–Trinajstić information content (AvgIpc) is 2.62. The fraction of sp³-hybridized carbons (Fsp3) is 0.261. The highest BCUT2D eigenvalue weighted by molar-refractivity contribution is 5.61. The minimum absolute atomic E-state index is 0.403. The number of hydrogen-bond acceptors (Lipinski definition) is 3. The SMILES string of the molecule is C=C(NCCc1ccc(OC(C)(C)C(=C)C#N)cc1)c1ccc(C)cc1. The van der Waals surface area contributed by atoms with Crippen LogP contribution in [-0.4, -0.2) is 12.1 Å². The quantitative estimate of drug-likeness (QED) is 0.681.